The third kappa shape index (κ3) is 3.56. The molecular weight excluding hydrogens is 308 g/mol. The van der Waals surface area contributed by atoms with E-state index < -0.39 is 6.09 Å². The smallest absolute Gasteiger partial charge is 0.404 e. The van der Waals surface area contributed by atoms with Gasteiger partial charge >= 0.3 is 6.09 Å². The molecule has 1 amide bonds. The molecule has 1 aliphatic rings. The quantitative estimate of drug-likeness (QED) is 0.896. The highest BCUT2D eigenvalue weighted by Crippen LogP contribution is 2.28. The van der Waals surface area contributed by atoms with Crippen LogP contribution in [0.3, 0.4) is 0 Å². The van der Waals surface area contributed by atoms with Crippen LogP contribution in [0.25, 0.3) is 11.3 Å². The first-order chi connectivity index (χ1) is 11.7. The number of para-hydroxylation sites is 1. The SMILES string of the molecule is COc1ccccc1-c1ccc(N2CCCC(NC(=O)O)C2)nn1. The van der Waals surface area contributed by atoms with Gasteiger partial charge in [0.1, 0.15) is 5.75 Å². The molecule has 1 fully saturated rings. The first-order valence-electron chi connectivity index (χ1n) is 7.89. The summed E-state index contributed by atoms with van der Waals surface area (Å²) in [6, 6.07) is 11.4. The Morgan fingerprint density at radius 3 is 2.83 bits per heavy atom. The topological polar surface area (TPSA) is 87.6 Å². The fraction of sp³-hybridized carbons (Fsp3) is 0.353. The minimum Gasteiger partial charge on any atom is -0.496 e. The Balaban J connectivity index is 1.76. The van der Waals surface area contributed by atoms with Crippen LogP contribution in [0.4, 0.5) is 10.6 Å². The van der Waals surface area contributed by atoms with Gasteiger partial charge in [-0.25, -0.2) is 4.79 Å². The predicted octanol–water partition coefficient (Wildman–Crippen LogP) is 2.39. The number of hydrogen-bond acceptors (Lipinski definition) is 5. The zero-order chi connectivity index (χ0) is 16.9. The highest BCUT2D eigenvalue weighted by atomic mass is 16.5. The minimum atomic E-state index is -0.987. The van der Waals surface area contributed by atoms with Gasteiger partial charge in [-0.2, -0.15) is 0 Å². The average Bonchev–Trinajstić information content (AvgIpc) is 2.61. The second-order valence-electron chi connectivity index (χ2n) is 5.71. The van der Waals surface area contributed by atoms with Crippen LogP contribution in [0.15, 0.2) is 36.4 Å². The predicted molar refractivity (Wildman–Crippen MR) is 90.4 cm³/mol. The Morgan fingerprint density at radius 2 is 2.12 bits per heavy atom. The Kier molecular flexibility index (Phi) is 4.79. The molecule has 2 heterocycles. The van der Waals surface area contributed by atoms with E-state index in [1.165, 1.54) is 0 Å². The summed E-state index contributed by atoms with van der Waals surface area (Å²) in [5, 5.41) is 20.0. The van der Waals surface area contributed by atoms with E-state index >= 15 is 0 Å². The van der Waals surface area contributed by atoms with Crippen molar-refractivity contribution in [1.29, 1.82) is 0 Å². The Bertz CT molecular complexity index is 705. The van der Waals surface area contributed by atoms with Gasteiger partial charge < -0.3 is 20.1 Å². The van der Waals surface area contributed by atoms with Gasteiger partial charge in [0.05, 0.1) is 12.8 Å². The van der Waals surface area contributed by atoms with Crippen molar-refractivity contribution >= 4 is 11.9 Å². The third-order valence-corrected chi connectivity index (χ3v) is 4.11. The van der Waals surface area contributed by atoms with Crippen molar-refractivity contribution in [3.8, 4) is 17.0 Å². The molecule has 3 rings (SSSR count). The lowest BCUT2D eigenvalue weighted by atomic mass is 10.1. The highest BCUT2D eigenvalue weighted by Gasteiger charge is 2.22. The molecule has 24 heavy (non-hydrogen) atoms. The van der Waals surface area contributed by atoms with E-state index in [1.54, 1.807) is 7.11 Å². The number of benzene rings is 1. The summed E-state index contributed by atoms with van der Waals surface area (Å²) < 4.78 is 5.36. The van der Waals surface area contributed by atoms with E-state index in [9.17, 15) is 4.79 Å². The van der Waals surface area contributed by atoms with Crippen LogP contribution < -0.4 is 15.0 Å². The minimum absolute atomic E-state index is 0.0769. The number of amides is 1. The van der Waals surface area contributed by atoms with Gasteiger partial charge in [0.25, 0.3) is 0 Å². The van der Waals surface area contributed by atoms with Gasteiger partial charge in [-0.3, -0.25) is 0 Å². The van der Waals surface area contributed by atoms with Crippen LogP contribution in [0.1, 0.15) is 12.8 Å². The zero-order valence-corrected chi connectivity index (χ0v) is 13.5. The molecule has 1 atom stereocenters. The van der Waals surface area contributed by atoms with E-state index in [4.69, 9.17) is 9.84 Å². The van der Waals surface area contributed by atoms with Crippen LogP contribution in [0.2, 0.25) is 0 Å². The van der Waals surface area contributed by atoms with Gasteiger partial charge in [0, 0.05) is 24.7 Å². The summed E-state index contributed by atoms with van der Waals surface area (Å²) >= 11 is 0. The van der Waals surface area contributed by atoms with E-state index in [2.05, 4.69) is 20.4 Å². The number of hydrogen-bond donors (Lipinski definition) is 2. The molecule has 0 radical (unpaired) electrons. The lowest BCUT2D eigenvalue weighted by Crippen LogP contribution is -2.47. The number of methoxy groups -OCH3 is 1. The van der Waals surface area contributed by atoms with E-state index in [0.717, 1.165) is 42.2 Å². The number of piperidine rings is 1. The van der Waals surface area contributed by atoms with Crippen LogP contribution in [-0.2, 0) is 0 Å². The lowest BCUT2D eigenvalue weighted by Gasteiger charge is -2.33. The van der Waals surface area contributed by atoms with Crippen molar-refractivity contribution in [2.75, 3.05) is 25.1 Å². The molecule has 7 nitrogen and oxygen atoms in total. The summed E-state index contributed by atoms with van der Waals surface area (Å²) in [6.07, 6.45) is 0.774. The molecule has 1 aromatic heterocycles. The maximum Gasteiger partial charge on any atom is 0.404 e. The van der Waals surface area contributed by atoms with Gasteiger partial charge in [0.2, 0.25) is 0 Å². The van der Waals surface area contributed by atoms with Crippen LogP contribution in [0.5, 0.6) is 5.75 Å². The van der Waals surface area contributed by atoms with Crippen molar-refractivity contribution in [3.05, 3.63) is 36.4 Å². The Morgan fingerprint density at radius 1 is 1.29 bits per heavy atom. The number of anilines is 1. The summed E-state index contributed by atoms with van der Waals surface area (Å²) in [7, 11) is 1.63. The molecule has 7 heteroatoms. The highest BCUT2D eigenvalue weighted by molar-refractivity contribution is 5.67. The number of rotatable bonds is 4. The Labute approximate surface area is 140 Å². The van der Waals surface area contributed by atoms with Crippen molar-refractivity contribution in [1.82, 2.24) is 15.5 Å². The second-order valence-corrected chi connectivity index (χ2v) is 5.71. The molecule has 0 saturated carbocycles. The number of nitrogens with zero attached hydrogens (tertiary/aromatic N) is 3. The molecular formula is C17H20N4O3. The van der Waals surface area contributed by atoms with Crippen molar-refractivity contribution in [3.63, 3.8) is 0 Å². The molecule has 126 valence electrons. The summed E-state index contributed by atoms with van der Waals surface area (Å²) in [5.74, 6) is 1.51. The van der Waals surface area contributed by atoms with Crippen molar-refractivity contribution in [2.24, 2.45) is 0 Å². The number of nitrogens with one attached hydrogen (secondary N) is 1. The van der Waals surface area contributed by atoms with E-state index in [1.807, 2.05) is 36.4 Å². The van der Waals surface area contributed by atoms with Gasteiger partial charge in [-0.1, -0.05) is 12.1 Å². The first kappa shape index (κ1) is 16.0. The largest absolute Gasteiger partial charge is 0.496 e. The molecule has 0 aliphatic carbocycles. The molecule has 1 aliphatic heterocycles. The summed E-state index contributed by atoms with van der Waals surface area (Å²) in [4.78, 5) is 12.9. The number of ether oxygens (including phenoxy) is 1. The third-order valence-electron chi connectivity index (χ3n) is 4.11. The zero-order valence-electron chi connectivity index (χ0n) is 13.5. The standard InChI is InChI=1S/C17H20N4O3/c1-24-15-7-3-2-6-13(15)14-8-9-16(20-19-14)21-10-4-5-12(11-21)18-17(22)23/h2-3,6-9,12,18H,4-5,10-11H2,1H3,(H,22,23). The van der Waals surface area contributed by atoms with Crippen LogP contribution in [0, 0.1) is 0 Å². The molecule has 1 saturated heterocycles. The second kappa shape index (κ2) is 7.16. The number of aromatic nitrogens is 2. The molecule has 0 bridgehead atoms. The van der Waals surface area contributed by atoms with Crippen molar-refractivity contribution in [2.45, 2.75) is 18.9 Å². The number of carbonyl (C=O) groups is 1. The lowest BCUT2D eigenvalue weighted by molar-refractivity contribution is 0.188. The van der Waals surface area contributed by atoms with Crippen molar-refractivity contribution < 1.29 is 14.6 Å². The molecule has 0 spiro atoms. The first-order valence-corrected chi connectivity index (χ1v) is 7.89. The summed E-state index contributed by atoms with van der Waals surface area (Å²) in [5.41, 5.74) is 1.64. The average molecular weight is 328 g/mol. The summed E-state index contributed by atoms with van der Waals surface area (Å²) in [6.45, 7) is 1.45. The maximum atomic E-state index is 10.8. The van der Waals surface area contributed by atoms with Gasteiger partial charge in [-0.15, -0.1) is 10.2 Å². The fourth-order valence-electron chi connectivity index (χ4n) is 2.97. The number of carboxylic acid groups (broad SMARTS) is 1. The Hall–Kier alpha value is -2.83. The molecule has 1 aromatic carbocycles. The van der Waals surface area contributed by atoms with Gasteiger partial charge in [-0.05, 0) is 37.1 Å². The molecule has 2 aromatic rings. The normalized spacial score (nSPS) is 17.4. The van der Waals surface area contributed by atoms with E-state index in [-0.39, 0.29) is 6.04 Å². The van der Waals surface area contributed by atoms with Crippen LogP contribution >= 0.6 is 0 Å². The van der Waals surface area contributed by atoms with Crippen LogP contribution in [-0.4, -0.2) is 47.6 Å². The fourth-order valence-corrected chi connectivity index (χ4v) is 2.97. The maximum absolute atomic E-state index is 10.8. The van der Waals surface area contributed by atoms with Gasteiger partial charge in [0.15, 0.2) is 5.82 Å². The monoisotopic (exact) mass is 328 g/mol. The molecule has 2 N–H and O–H groups in total. The molecule has 1 unspecified atom stereocenters. The van der Waals surface area contributed by atoms with E-state index in [0.29, 0.717) is 6.54 Å².